The summed E-state index contributed by atoms with van der Waals surface area (Å²) in [5.74, 6) is 0. The van der Waals surface area contributed by atoms with E-state index in [1.54, 1.807) is 0 Å². The molecule has 5 heteroatoms. The van der Waals surface area contributed by atoms with E-state index in [1.165, 1.54) is 33.4 Å². The van der Waals surface area contributed by atoms with Crippen molar-refractivity contribution in [1.29, 1.82) is 0 Å². The number of hydrogen-bond acceptors (Lipinski definition) is 4. The molecule has 0 N–H and O–H groups in total. The highest BCUT2D eigenvalue weighted by Gasteiger charge is 2.51. The Balaban J connectivity index is 1.19. The Morgan fingerprint density at radius 1 is 0.480 bits per heavy atom. The molecule has 6 aromatic carbocycles. The third-order valence-electron chi connectivity index (χ3n) is 11.3. The fraction of sp³-hybridized carbons (Fsp3) is 0.200. The number of hydrogen-bond donors (Lipinski definition) is 0. The van der Waals surface area contributed by atoms with E-state index in [-0.39, 0.29) is 5.41 Å². The predicted octanol–water partition coefficient (Wildman–Crippen LogP) is 11.3. The number of rotatable bonds is 5. The molecule has 1 saturated heterocycles. The maximum atomic E-state index is 6.42. The van der Waals surface area contributed by atoms with Crippen molar-refractivity contribution in [3.05, 3.63) is 145 Å². The summed E-state index contributed by atoms with van der Waals surface area (Å²) in [6.07, 6.45) is 0. The number of anilines is 3. The largest absolute Gasteiger partial charge is 0.494 e. The van der Waals surface area contributed by atoms with Gasteiger partial charge in [0, 0.05) is 33.2 Å². The molecular formula is C45H40BNO3. The maximum absolute atomic E-state index is 6.42. The lowest BCUT2D eigenvalue weighted by Crippen LogP contribution is -2.41. The Kier molecular flexibility index (Phi) is 6.77. The van der Waals surface area contributed by atoms with Gasteiger partial charge in [-0.05, 0) is 115 Å². The molecule has 2 aliphatic rings. The molecule has 50 heavy (non-hydrogen) atoms. The van der Waals surface area contributed by atoms with Crippen LogP contribution in [0.25, 0.3) is 44.2 Å². The van der Waals surface area contributed by atoms with E-state index in [2.05, 4.69) is 174 Å². The van der Waals surface area contributed by atoms with Crippen LogP contribution >= 0.6 is 0 Å². The lowest BCUT2D eigenvalue weighted by Gasteiger charge is -2.32. The van der Waals surface area contributed by atoms with Crippen LogP contribution in [0.4, 0.5) is 17.1 Å². The molecule has 0 spiro atoms. The minimum atomic E-state index is -0.448. The first-order chi connectivity index (χ1) is 24.0. The average molecular weight is 654 g/mol. The van der Waals surface area contributed by atoms with Crippen LogP contribution in [0.15, 0.2) is 138 Å². The zero-order valence-electron chi connectivity index (χ0n) is 29.5. The Bertz CT molecular complexity index is 2410. The number of nitrogens with zero attached hydrogens (tertiary/aromatic N) is 1. The second kappa shape index (κ2) is 11.0. The van der Waals surface area contributed by atoms with Gasteiger partial charge in [0.05, 0.1) is 11.2 Å². The summed E-state index contributed by atoms with van der Waals surface area (Å²) in [7, 11) is -0.448. The molecule has 246 valence electrons. The Morgan fingerprint density at radius 3 is 1.78 bits per heavy atom. The quantitative estimate of drug-likeness (QED) is 0.173. The highest BCUT2D eigenvalue weighted by atomic mass is 16.7. The van der Waals surface area contributed by atoms with Gasteiger partial charge < -0.3 is 18.6 Å². The van der Waals surface area contributed by atoms with Gasteiger partial charge in [-0.15, -0.1) is 0 Å². The summed E-state index contributed by atoms with van der Waals surface area (Å²) in [6, 6.07) is 47.9. The Hall–Kier alpha value is -5.10. The Labute approximate surface area is 294 Å². The van der Waals surface area contributed by atoms with Crippen molar-refractivity contribution < 1.29 is 13.7 Å². The number of fused-ring (bicyclic) bond motifs is 6. The van der Waals surface area contributed by atoms with Gasteiger partial charge in [-0.25, -0.2) is 0 Å². The zero-order valence-corrected chi connectivity index (χ0v) is 29.5. The Morgan fingerprint density at radius 2 is 1.04 bits per heavy atom. The van der Waals surface area contributed by atoms with E-state index in [9.17, 15) is 0 Å². The third kappa shape index (κ3) is 4.75. The SMILES string of the molecule is CC1(C)c2ccccc2-c2ccc(N(c3ccc(-c4ccccc4)cc3)c3ccc4oc5ccc(B6OC(C)(C)C(C)(C)O6)cc5c4c3)cc21. The second-order valence-electron chi connectivity index (χ2n) is 15.3. The van der Waals surface area contributed by atoms with Crippen LogP contribution < -0.4 is 10.4 Å². The van der Waals surface area contributed by atoms with Crippen molar-refractivity contribution in [2.45, 2.75) is 58.2 Å². The first-order valence-corrected chi connectivity index (χ1v) is 17.5. The van der Waals surface area contributed by atoms with Crippen LogP contribution in [0.1, 0.15) is 52.7 Å². The van der Waals surface area contributed by atoms with Crippen LogP contribution in [0.3, 0.4) is 0 Å². The summed E-state index contributed by atoms with van der Waals surface area (Å²) in [4.78, 5) is 2.37. The van der Waals surface area contributed by atoms with E-state index < -0.39 is 18.3 Å². The number of benzene rings is 6. The highest BCUT2D eigenvalue weighted by Crippen LogP contribution is 2.51. The first-order valence-electron chi connectivity index (χ1n) is 17.5. The van der Waals surface area contributed by atoms with E-state index >= 15 is 0 Å². The third-order valence-corrected chi connectivity index (χ3v) is 11.3. The molecule has 2 heterocycles. The lowest BCUT2D eigenvalue weighted by atomic mass is 9.78. The van der Waals surface area contributed by atoms with Gasteiger partial charge in [-0.2, -0.15) is 0 Å². The smallest absolute Gasteiger partial charge is 0.456 e. The van der Waals surface area contributed by atoms with Crippen LogP contribution in [-0.2, 0) is 14.7 Å². The summed E-state index contributed by atoms with van der Waals surface area (Å²) in [6.45, 7) is 13.0. The van der Waals surface area contributed by atoms with Crippen molar-refractivity contribution in [3.8, 4) is 22.3 Å². The molecule has 7 aromatic rings. The molecule has 1 aliphatic carbocycles. The standard InChI is InChI=1S/C45H40BNO3/c1-43(2)39-15-11-10-14-35(39)36-23-21-34(28-40(36)43)47(32-19-16-30(17-20-32)29-12-8-7-9-13-29)33-22-25-42-38(27-33)37-26-31(18-24-41(37)48-42)46-49-44(3,4)45(5,6)50-46/h7-28H,1-6H3. The van der Waals surface area contributed by atoms with Gasteiger partial charge in [0.25, 0.3) is 0 Å². The van der Waals surface area contributed by atoms with E-state index in [0.717, 1.165) is 44.5 Å². The van der Waals surface area contributed by atoms with E-state index in [1.807, 2.05) is 6.07 Å². The van der Waals surface area contributed by atoms with E-state index in [0.29, 0.717) is 0 Å². The lowest BCUT2D eigenvalue weighted by molar-refractivity contribution is 0.00578. The van der Waals surface area contributed by atoms with Crippen LogP contribution in [-0.4, -0.2) is 18.3 Å². The molecule has 1 aliphatic heterocycles. The topological polar surface area (TPSA) is 34.8 Å². The summed E-state index contributed by atoms with van der Waals surface area (Å²) in [5.41, 5.74) is 12.7. The normalized spacial score (nSPS) is 16.9. The average Bonchev–Trinajstić information content (AvgIpc) is 3.68. The zero-order chi connectivity index (χ0) is 34.4. The minimum absolute atomic E-state index is 0.112. The monoisotopic (exact) mass is 653 g/mol. The van der Waals surface area contributed by atoms with Crippen LogP contribution in [0.2, 0.25) is 0 Å². The first kappa shape index (κ1) is 30.9. The molecule has 0 bridgehead atoms. The molecule has 0 saturated carbocycles. The molecule has 0 unspecified atom stereocenters. The fourth-order valence-corrected chi connectivity index (χ4v) is 7.76. The summed E-state index contributed by atoms with van der Waals surface area (Å²) < 4.78 is 19.2. The van der Waals surface area contributed by atoms with Crippen molar-refractivity contribution in [3.63, 3.8) is 0 Å². The molecule has 0 atom stereocenters. The predicted molar refractivity (Wildman–Crippen MR) is 207 cm³/mol. The molecule has 1 fully saturated rings. The number of furan rings is 1. The summed E-state index contributed by atoms with van der Waals surface area (Å²) in [5, 5.41) is 2.09. The van der Waals surface area contributed by atoms with Gasteiger partial charge in [0.15, 0.2) is 0 Å². The van der Waals surface area contributed by atoms with Gasteiger partial charge in [-0.3, -0.25) is 0 Å². The van der Waals surface area contributed by atoms with Crippen LogP contribution in [0.5, 0.6) is 0 Å². The van der Waals surface area contributed by atoms with Gasteiger partial charge in [0.1, 0.15) is 11.2 Å². The molecular weight excluding hydrogens is 613 g/mol. The molecule has 4 nitrogen and oxygen atoms in total. The molecule has 1 aromatic heterocycles. The van der Waals surface area contributed by atoms with Crippen molar-refractivity contribution in [2.75, 3.05) is 4.90 Å². The van der Waals surface area contributed by atoms with Crippen molar-refractivity contribution in [2.24, 2.45) is 0 Å². The molecule has 9 rings (SSSR count). The highest BCUT2D eigenvalue weighted by molar-refractivity contribution is 6.62. The van der Waals surface area contributed by atoms with Crippen LogP contribution in [0, 0.1) is 0 Å². The van der Waals surface area contributed by atoms with Crippen molar-refractivity contribution >= 4 is 51.6 Å². The molecule has 0 amide bonds. The van der Waals surface area contributed by atoms with Crippen molar-refractivity contribution in [1.82, 2.24) is 0 Å². The maximum Gasteiger partial charge on any atom is 0.494 e. The second-order valence-corrected chi connectivity index (χ2v) is 15.3. The molecule has 0 radical (unpaired) electrons. The van der Waals surface area contributed by atoms with Gasteiger partial charge >= 0.3 is 7.12 Å². The summed E-state index contributed by atoms with van der Waals surface area (Å²) >= 11 is 0. The fourth-order valence-electron chi connectivity index (χ4n) is 7.76. The van der Waals surface area contributed by atoms with Gasteiger partial charge in [0.2, 0.25) is 0 Å². The van der Waals surface area contributed by atoms with E-state index in [4.69, 9.17) is 13.7 Å². The minimum Gasteiger partial charge on any atom is -0.456 e. The van der Waals surface area contributed by atoms with Gasteiger partial charge in [-0.1, -0.05) is 98.8 Å².